The predicted octanol–water partition coefficient (Wildman–Crippen LogP) is 1.38. The van der Waals surface area contributed by atoms with Crippen LogP contribution in [0.15, 0.2) is 29.3 Å². The first-order valence-electron chi connectivity index (χ1n) is 4.09. The Labute approximate surface area is 85.4 Å². The Balaban J connectivity index is 3.04. The van der Waals surface area contributed by atoms with E-state index in [1.165, 1.54) is 37.5 Å². The van der Waals surface area contributed by atoms with E-state index < -0.39 is 17.8 Å². The Kier molecular flexibility index (Phi) is 3.71. The average Bonchev–Trinajstić information content (AvgIpc) is 2.26. The molecule has 0 bridgehead atoms. The Morgan fingerprint density at radius 3 is 2.53 bits per heavy atom. The Bertz CT molecular complexity index is 396. The lowest BCUT2D eigenvalue weighted by Gasteiger charge is -2.07. The number of halogens is 1. The summed E-state index contributed by atoms with van der Waals surface area (Å²) < 4.78 is 17.0. The van der Waals surface area contributed by atoms with Gasteiger partial charge in [-0.3, -0.25) is 0 Å². The number of isocyanates is 1. The highest BCUT2D eigenvalue weighted by molar-refractivity contribution is 5.78. The molecule has 5 heteroatoms. The molecule has 0 unspecified atom stereocenters. The standard InChI is InChI=1S/C10H8FNO3/c1-15-10(14)9(12-6-13)7-2-4-8(11)5-3-7/h2-5,9H,1H3/t9-/m1/s1. The van der Waals surface area contributed by atoms with Crippen LogP contribution >= 0.6 is 0 Å². The zero-order valence-electron chi connectivity index (χ0n) is 7.94. The van der Waals surface area contributed by atoms with Gasteiger partial charge in [0.15, 0.2) is 6.04 Å². The van der Waals surface area contributed by atoms with E-state index in [2.05, 4.69) is 9.73 Å². The van der Waals surface area contributed by atoms with E-state index in [1.807, 2.05) is 0 Å². The molecule has 1 rings (SSSR count). The number of hydrogen-bond acceptors (Lipinski definition) is 4. The van der Waals surface area contributed by atoms with Crippen LogP contribution in [-0.2, 0) is 14.3 Å². The average molecular weight is 209 g/mol. The van der Waals surface area contributed by atoms with Crippen molar-refractivity contribution in [2.45, 2.75) is 6.04 Å². The molecular formula is C10H8FNO3. The summed E-state index contributed by atoms with van der Waals surface area (Å²) in [5.41, 5.74) is 0.381. The van der Waals surface area contributed by atoms with Crippen molar-refractivity contribution in [2.75, 3.05) is 7.11 Å². The van der Waals surface area contributed by atoms with Crippen LogP contribution in [0, 0.1) is 5.82 Å². The molecule has 0 aliphatic heterocycles. The van der Waals surface area contributed by atoms with Crippen molar-refractivity contribution < 1.29 is 18.7 Å². The van der Waals surface area contributed by atoms with Crippen LogP contribution in [0.25, 0.3) is 0 Å². The van der Waals surface area contributed by atoms with Crippen LogP contribution in [0.4, 0.5) is 4.39 Å². The maximum atomic E-state index is 12.6. The molecule has 0 saturated carbocycles. The van der Waals surface area contributed by atoms with Crippen molar-refractivity contribution in [2.24, 2.45) is 4.99 Å². The Hall–Kier alpha value is -2.00. The highest BCUT2D eigenvalue weighted by atomic mass is 19.1. The van der Waals surface area contributed by atoms with Gasteiger partial charge in [-0.05, 0) is 17.7 Å². The third-order valence-electron chi connectivity index (χ3n) is 1.79. The van der Waals surface area contributed by atoms with E-state index in [4.69, 9.17) is 0 Å². The molecule has 0 amide bonds. The van der Waals surface area contributed by atoms with Gasteiger partial charge in [-0.25, -0.2) is 14.0 Å². The second-order valence-corrected chi connectivity index (χ2v) is 2.70. The molecule has 0 N–H and O–H groups in total. The van der Waals surface area contributed by atoms with Gasteiger partial charge in [0.2, 0.25) is 6.08 Å². The monoisotopic (exact) mass is 209 g/mol. The number of carbonyl (C=O) groups excluding carboxylic acids is 2. The zero-order chi connectivity index (χ0) is 11.3. The first-order valence-corrected chi connectivity index (χ1v) is 4.09. The van der Waals surface area contributed by atoms with E-state index >= 15 is 0 Å². The van der Waals surface area contributed by atoms with Gasteiger partial charge < -0.3 is 4.74 Å². The van der Waals surface area contributed by atoms with Crippen LogP contribution < -0.4 is 0 Å². The minimum atomic E-state index is -1.08. The third-order valence-corrected chi connectivity index (χ3v) is 1.79. The van der Waals surface area contributed by atoms with E-state index in [0.29, 0.717) is 5.56 Å². The lowest BCUT2D eigenvalue weighted by atomic mass is 10.1. The summed E-state index contributed by atoms with van der Waals surface area (Å²) in [6, 6.07) is 3.99. The number of benzene rings is 1. The number of carbonyl (C=O) groups is 1. The van der Waals surface area contributed by atoms with Crippen LogP contribution in [-0.4, -0.2) is 19.2 Å². The van der Waals surface area contributed by atoms with E-state index in [1.54, 1.807) is 0 Å². The number of aliphatic imine (C=N–C) groups is 1. The van der Waals surface area contributed by atoms with Gasteiger partial charge in [0.1, 0.15) is 5.82 Å². The van der Waals surface area contributed by atoms with Crippen molar-refractivity contribution in [3.05, 3.63) is 35.6 Å². The van der Waals surface area contributed by atoms with Crippen molar-refractivity contribution >= 4 is 12.0 Å². The molecule has 1 aromatic carbocycles. The molecule has 4 nitrogen and oxygen atoms in total. The summed E-state index contributed by atoms with van der Waals surface area (Å²) in [5, 5.41) is 0. The van der Waals surface area contributed by atoms with Crippen molar-refractivity contribution in [1.82, 2.24) is 0 Å². The third kappa shape index (κ3) is 2.72. The lowest BCUT2D eigenvalue weighted by molar-refractivity contribution is -0.142. The fraction of sp³-hybridized carbons (Fsp3) is 0.200. The second kappa shape index (κ2) is 5.02. The Morgan fingerprint density at radius 2 is 2.07 bits per heavy atom. The lowest BCUT2D eigenvalue weighted by Crippen LogP contribution is -2.12. The van der Waals surface area contributed by atoms with Gasteiger partial charge >= 0.3 is 5.97 Å². The van der Waals surface area contributed by atoms with Gasteiger partial charge in [0.05, 0.1) is 7.11 Å². The smallest absolute Gasteiger partial charge is 0.336 e. The number of ether oxygens (including phenoxy) is 1. The van der Waals surface area contributed by atoms with Gasteiger partial charge in [-0.2, -0.15) is 4.99 Å². The molecule has 1 aromatic rings. The topological polar surface area (TPSA) is 55.7 Å². The van der Waals surface area contributed by atoms with Gasteiger partial charge in [-0.15, -0.1) is 0 Å². The van der Waals surface area contributed by atoms with Crippen LogP contribution in [0.2, 0.25) is 0 Å². The first kappa shape index (κ1) is 11.1. The number of esters is 1. The van der Waals surface area contributed by atoms with Crippen LogP contribution in [0.5, 0.6) is 0 Å². The molecule has 0 heterocycles. The highest BCUT2D eigenvalue weighted by Gasteiger charge is 2.20. The number of rotatable bonds is 3. The molecule has 0 aliphatic carbocycles. The van der Waals surface area contributed by atoms with Gasteiger partial charge in [-0.1, -0.05) is 12.1 Å². The molecule has 1 atom stereocenters. The minimum absolute atomic E-state index is 0.381. The minimum Gasteiger partial charge on any atom is -0.467 e. The van der Waals surface area contributed by atoms with Crippen molar-refractivity contribution in [1.29, 1.82) is 0 Å². The highest BCUT2D eigenvalue weighted by Crippen LogP contribution is 2.18. The molecule has 0 spiro atoms. The molecular weight excluding hydrogens is 201 g/mol. The van der Waals surface area contributed by atoms with E-state index in [-0.39, 0.29) is 0 Å². The van der Waals surface area contributed by atoms with Crippen LogP contribution in [0.3, 0.4) is 0 Å². The molecule has 0 aromatic heterocycles. The predicted molar refractivity (Wildman–Crippen MR) is 49.3 cm³/mol. The van der Waals surface area contributed by atoms with Gasteiger partial charge in [0, 0.05) is 0 Å². The zero-order valence-corrected chi connectivity index (χ0v) is 7.94. The fourth-order valence-corrected chi connectivity index (χ4v) is 1.07. The van der Waals surface area contributed by atoms with Crippen molar-refractivity contribution in [3.8, 4) is 0 Å². The van der Waals surface area contributed by atoms with E-state index in [9.17, 15) is 14.0 Å². The van der Waals surface area contributed by atoms with Crippen LogP contribution in [0.1, 0.15) is 11.6 Å². The quantitative estimate of drug-likeness (QED) is 0.429. The molecule has 78 valence electrons. The molecule has 0 radical (unpaired) electrons. The number of hydrogen-bond donors (Lipinski definition) is 0. The fourth-order valence-electron chi connectivity index (χ4n) is 1.07. The van der Waals surface area contributed by atoms with Crippen molar-refractivity contribution in [3.63, 3.8) is 0 Å². The largest absolute Gasteiger partial charge is 0.467 e. The van der Waals surface area contributed by atoms with E-state index in [0.717, 1.165) is 0 Å². The molecule has 0 fully saturated rings. The normalized spacial score (nSPS) is 11.3. The molecule has 0 saturated heterocycles. The summed E-state index contributed by atoms with van der Waals surface area (Å²) in [6.07, 6.45) is 1.28. The molecule has 0 aliphatic rings. The maximum Gasteiger partial charge on any atom is 0.336 e. The van der Waals surface area contributed by atoms with Gasteiger partial charge in [0.25, 0.3) is 0 Å². The summed E-state index contributed by atoms with van der Waals surface area (Å²) in [4.78, 5) is 24.6. The summed E-state index contributed by atoms with van der Waals surface area (Å²) in [5.74, 6) is -1.12. The SMILES string of the molecule is COC(=O)[C@H](N=C=O)c1ccc(F)cc1. The number of nitrogens with zero attached hydrogens (tertiary/aromatic N) is 1. The first-order chi connectivity index (χ1) is 7.19. The summed E-state index contributed by atoms with van der Waals surface area (Å²) in [6.45, 7) is 0. The Morgan fingerprint density at radius 1 is 1.47 bits per heavy atom. The number of methoxy groups -OCH3 is 1. The molecule has 15 heavy (non-hydrogen) atoms. The summed E-state index contributed by atoms with van der Waals surface area (Å²) in [7, 11) is 1.18. The summed E-state index contributed by atoms with van der Waals surface area (Å²) >= 11 is 0. The maximum absolute atomic E-state index is 12.6. The second-order valence-electron chi connectivity index (χ2n) is 2.70.